The lowest BCUT2D eigenvalue weighted by molar-refractivity contribution is -0.137. The Morgan fingerprint density at radius 1 is 1.37 bits per heavy atom. The van der Waals surface area contributed by atoms with Gasteiger partial charge in [0.15, 0.2) is 0 Å². The van der Waals surface area contributed by atoms with E-state index in [0.29, 0.717) is 16.5 Å². The van der Waals surface area contributed by atoms with Crippen LogP contribution in [0, 0.1) is 0 Å². The molecular formula is C14H13NO4. The Morgan fingerprint density at radius 3 is 2.79 bits per heavy atom. The van der Waals surface area contributed by atoms with Gasteiger partial charge in [-0.3, -0.25) is 9.59 Å². The minimum Gasteiger partial charge on any atom is -0.480 e. The van der Waals surface area contributed by atoms with Gasteiger partial charge >= 0.3 is 5.97 Å². The standard InChI is InChI=1S/C14H13NO4/c1-2-7-15(8-13(16)17)14(18)11-9-19-12-6-4-3-5-10(11)12/h2-6,9H,1,7-8H2,(H,16,17). The maximum absolute atomic E-state index is 12.3. The number of carboxylic acid groups (broad SMARTS) is 1. The molecule has 0 spiro atoms. The number of para-hydroxylation sites is 1. The molecular weight excluding hydrogens is 246 g/mol. The van der Waals surface area contributed by atoms with Crippen LogP contribution in [0.25, 0.3) is 11.0 Å². The second kappa shape index (κ2) is 5.39. The smallest absolute Gasteiger partial charge is 0.323 e. The lowest BCUT2D eigenvalue weighted by Gasteiger charge is -2.17. The van der Waals surface area contributed by atoms with Gasteiger partial charge < -0.3 is 14.4 Å². The maximum atomic E-state index is 12.3. The molecule has 98 valence electrons. The summed E-state index contributed by atoms with van der Waals surface area (Å²) >= 11 is 0. The Labute approximate surface area is 109 Å². The predicted molar refractivity (Wildman–Crippen MR) is 70.0 cm³/mol. The van der Waals surface area contributed by atoms with Crippen molar-refractivity contribution in [2.24, 2.45) is 0 Å². The molecule has 19 heavy (non-hydrogen) atoms. The third-order valence-electron chi connectivity index (χ3n) is 2.67. The van der Waals surface area contributed by atoms with Gasteiger partial charge in [0, 0.05) is 11.9 Å². The number of benzene rings is 1. The first-order chi connectivity index (χ1) is 9.13. The Kier molecular flexibility index (Phi) is 3.66. The highest BCUT2D eigenvalue weighted by molar-refractivity contribution is 6.06. The van der Waals surface area contributed by atoms with E-state index in [1.54, 1.807) is 24.3 Å². The topological polar surface area (TPSA) is 70.8 Å². The van der Waals surface area contributed by atoms with Crippen LogP contribution in [0.2, 0.25) is 0 Å². The van der Waals surface area contributed by atoms with Gasteiger partial charge in [-0.2, -0.15) is 0 Å². The van der Waals surface area contributed by atoms with Crippen LogP contribution in [0.15, 0.2) is 47.6 Å². The highest BCUT2D eigenvalue weighted by Crippen LogP contribution is 2.22. The molecule has 0 atom stereocenters. The number of carbonyl (C=O) groups excluding carboxylic acids is 1. The van der Waals surface area contributed by atoms with Crippen molar-refractivity contribution in [3.05, 3.63) is 48.7 Å². The van der Waals surface area contributed by atoms with Gasteiger partial charge in [0.1, 0.15) is 18.4 Å². The van der Waals surface area contributed by atoms with Gasteiger partial charge in [-0.15, -0.1) is 6.58 Å². The molecule has 1 aromatic heterocycles. The predicted octanol–water partition coefficient (Wildman–Crippen LogP) is 2.15. The third kappa shape index (κ3) is 2.65. The van der Waals surface area contributed by atoms with E-state index in [9.17, 15) is 9.59 Å². The SMILES string of the molecule is C=CCN(CC(=O)O)C(=O)c1coc2ccccc12. The lowest BCUT2D eigenvalue weighted by atomic mass is 10.1. The number of nitrogens with zero attached hydrogens (tertiary/aromatic N) is 1. The molecule has 1 heterocycles. The average Bonchev–Trinajstić information content (AvgIpc) is 2.80. The van der Waals surface area contributed by atoms with Gasteiger partial charge in [0.2, 0.25) is 0 Å². The Bertz CT molecular complexity index is 629. The quantitative estimate of drug-likeness (QED) is 0.835. The number of hydrogen-bond acceptors (Lipinski definition) is 3. The highest BCUT2D eigenvalue weighted by atomic mass is 16.4. The molecule has 2 aromatic rings. The molecule has 1 N–H and O–H groups in total. The van der Waals surface area contributed by atoms with Crippen LogP contribution in [0.1, 0.15) is 10.4 Å². The first-order valence-electron chi connectivity index (χ1n) is 5.71. The zero-order valence-corrected chi connectivity index (χ0v) is 10.2. The molecule has 0 radical (unpaired) electrons. The highest BCUT2D eigenvalue weighted by Gasteiger charge is 2.21. The fourth-order valence-corrected chi connectivity index (χ4v) is 1.85. The van der Waals surface area contributed by atoms with Crippen LogP contribution < -0.4 is 0 Å². The first kappa shape index (κ1) is 12.9. The number of hydrogen-bond donors (Lipinski definition) is 1. The van der Waals surface area contributed by atoms with Crippen molar-refractivity contribution >= 4 is 22.8 Å². The Morgan fingerprint density at radius 2 is 2.11 bits per heavy atom. The van der Waals surface area contributed by atoms with Crippen molar-refractivity contribution in [2.45, 2.75) is 0 Å². The summed E-state index contributed by atoms with van der Waals surface area (Å²) in [5.74, 6) is -1.45. The summed E-state index contributed by atoms with van der Waals surface area (Å²) in [5, 5.41) is 9.49. The van der Waals surface area contributed by atoms with Gasteiger partial charge in [-0.25, -0.2) is 0 Å². The second-order valence-corrected chi connectivity index (χ2v) is 4.01. The summed E-state index contributed by atoms with van der Waals surface area (Å²) in [7, 11) is 0. The van der Waals surface area contributed by atoms with Crippen molar-refractivity contribution in [2.75, 3.05) is 13.1 Å². The number of rotatable bonds is 5. The minimum atomic E-state index is -1.07. The molecule has 0 aliphatic rings. The number of furan rings is 1. The van der Waals surface area contributed by atoms with Crippen LogP contribution >= 0.6 is 0 Å². The second-order valence-electron chi connectivity index (χ2n) is 4.01. The molecule has 1 aromatic carbocycles. The minimum absolute atomic E-state index is 0.171. The van der Waals surface area contributed by atoms with Crippen LogP contribution in [0.5, 0.6) is 0 Å². The van der Waals surface area contributed by atoms with E-state index in [2.05, 4.69) is 6.58 Å². The van der Waals surface area contributed by atoms with Crippen LogP contribution in [0.4, 0.5) is 0 Å². The number of fused-ring (bicyclic) bond motifs is 1. The van der Waals surface area contributed by atoms with Gasteiger partial charge in [-0.1, -0.05) is 24.3 Å². The van der Waals surface area contributed by atoms with Gasteiger partial charge in [-0.05, 0) is 6.07 Å². The fourth-order valence-electron chi connectivity index (χ4n) is 1.85. The Balaban J connectivity index is 2.35. The molecule has 5 nitrogen and oxygen atoms in total. The summed E-state index contributed by atoms with van der Waals surface area (Å²) in [6.07, 6.45) is 2.84. The van der Waals surface area contributed by atoms with E-state index in [1.165, 1.54) is 17.2 Å². The zero-order chi connectivity index (χ0) is 13.8. The monoisotopic (exact) mass is 259 g/mol. The third-order valence-corrected chi connectivity index (χ3v) is 2.67. The first-order valence-corrected chi connectivity index (χ1v) is 5.71. The molecule has 0 saturated heterocycles. The maximum Gasteiger partial charge on any atom is 0.323 e. The molecule has 1 amide bonds. The van der Waals surface area contributed by atoms with E-state index in [1.807, 2.05) is 0 Å². The zero-order valence-electron chi connectivity index (χ0n) is 10.2. The van der Waals surface area contributed by atoms with E-state index < -0.39 is 5.97 Å². The molecule has 0 fully saturated rings. The van der Waals surface area contributed by atoms with E-state index in [-0.39, 0.29) is 19.0 Å². The lowest BCUT2D eigenvalue weighted by Crippen LogP contribution is -2.35. The number of amides is 1. The molecule has 0 aliphatic heterocycles. The molecule has 0 aliphatic carbocycles. The summed E-state index contributed by atoms with van der Waals surface area (Å²) in [6, 6.07) is 7.11. The van der Waals surface area contributed by atoms with Gasteiger partial charge in [0.05, 0.1) is 5.56 Å². The van der Waals surface area contributed by atoms with Crippen molar-refractivity contribution < 1.29 is 19.1 Å². The molecule has 0 saturated carbocycles. The molecule has 0 bridgehead atoms. The average molecular weight is 259 g/mol. The van der Waals surface area contributed by atoms with Gasteiger partial charge in [0.25, 0.3) is 5.91 Å². The van der Waals surface area contributed by atoms with E-state index >= 15 is 0 Å². The molecule has 2 rings (SSSR count). The van der Waals surface area contributed by atoms with Crippen molar-refractivity contribution in [3.8, 4) is 0 Å². The number of aliphatic carboxylic acids is 1. The number of carboxylic acids is 1. The van der Waals surface area contributed by atoms with E-state index in [4.69, 9.17) is 9.52 Å². The Hall–Kier alpha value is -2.56. The fraction of sp³-hybridized carbons (Fsp3) is 0.143. The number of carbonyl (C=O) groups is 2. The van der Waals surface area contributed by atoms with Crippen LogP contribution in [-0.4, -0.2) is 35.0 Å². The van der Waals surface area contributed by atoms with Crippen LogP contribution in [0.3, 0.4) is 0 Å². The summed E-state index contributed by atoms with van der Waals surface area (Å²) < 4.78 is 5.28. The van der Waals surface area contributed by atoms with Crippen molar-refractivity contribution in [3.63, 3.8) is 0 Å². The van der Waals surface area contributed by atoms with Crippen molar-refractivity contribution in [1.82, 2.24) is 4.90 Å². The van der Waals surface area contributed by atoms with Crippen molar-refractivity contribution in [1.29, 1.82) is 0 Å². The van der Waals surface area contributed by atoms with Crippen LogP contribution in [-0.2, 0) is 4.79 Å². The largest absolute Gasteiger partial charge is 0.480 e. The molecule has 0 unspecified atom stereocenters. The summed E-state index contributed by atoms with van der Waals surface area (Å²) in [6.45, 7) is 3.32. The summed E-state index contributed by atoms with van der Waals surface area (Å²) in [5.41, 5.74) is 0.957. The van der Waals surface area contributed by atoms with E-state index in [0.717, 1.165) is 0 Å². The molecule has 5 heteroatoms. The summed E-state index contributed by atoms with van der Waals surface area (Å²) in [4.78, 5) is 24.3. The normalized spacial score (nSPS) is 10.3.